The average Bonchev–Trinajstić information content (AvgIpc) is 2.62. The third-order valence-corrected chi connectivity index (χ3v) is 3.46. The summed E-state index contributed by atoms with van der Waals surface area (Å²) in [4.78, 5) is 11.7. The number of rotatable bonds is 3. The van der Waals surface area contributed by atoms with Crippen LogP contribution in [0.4, 0.5) is 13.2 Å². The van der Waals surface area contributed by atoms with Gasteiger partial charge in [-0.15, -0.1) is 0 Å². The van der Waals surface area contributed by atoms with Crippen LogP contribution in [0.15, 0.2) is 24.3 Å². The molecule has 116 valence electrons. The largest absolute Gasteiger partial charge is 0.497 e. The topological polar surface area (TPSA) is 41.6 Å². The minimum absolute atomic E-state index is 0.0206. The Balaban J connectivity index is 2.38. The van der Waals surface area contributed by atoms with E-state index in [0.717, 1.165) is 5.01 Å². The zero-order chi connectivity index (χ0) is 15.8. The van der Waals surface area contributed by atoms with Crippen LogP contribution in [0, 0.1) is 5.41 Å². The molecule has 2 rings (SSSR count). The van der Waals surface area contributed by atoms with Gasteiger partial charge >= 0.3 is 6.18 Å². The van der Waals surface area contributed by atoms with Crippen molar-refractivity contribution < 1.29 is 22.7 Å². The molecule has 0 radical (unpaired) electrons. The average molecular weight is 302 g/mol. The maximum atomic E-state index is 13.4. The number of nitrogens with one attached hydrogen (secondary N) is 1. The number of halogens is 3. The summed E-state index contributed by atoms with van der Waals surface area (Å²) in [6, 6.07) is 3.87. The van der Waals surface area contributed by atoms with E-state index in [2.05, 4.69) is 5.43 Å². The Morgan fingerprint density at radius 3 is 2.52 bits per heavy atom. The number of nitrogens with zero attached hydrogens (tertiary/aromatic N) is 1. The van der Waals surface area contributed by atoms with Crippen molar-refractivity contribution in [2.24, 2.45) is 5.41 Å². The molecule has 1 atom stereocenters. The van der Waals surface area contributed by atoms with Crippen LogP contribution in [-0.4, -0.2) is 30.7 Å². The van der Waals surface area contributed by atoms with Gasteiger partial charge in [-0.05, 0) is 31.5 Å². The van der Waals surface area contributed by atoms with Gasteiger partial charge in [0.05, 0.1) is 12.5 Å². The summed E-state index contributed by atoms with van der Waals surface area (Å²) < 4.78 is 45.3. The van der Waals surface area contributed by atoms with Crippen LogP contribution in [0.2, 0.25) is 0 Å². The molecule has 1 aliphatic rings. The van der Waals surface area contributed by atoms with E-state index >= 15 is 0 Å². The highest BCUT2D eigenvalue weighted by Gasteiger charge is 2.51. The Bertz CT molecular complexity index is 543. The lowest BCUT2D eigenvalue weighted by molar-refractivity contribution is -0.191. The molecule has 0 saturated carbocycles. The van der Waals surface area contributed by atoms with Gasteiger partial charge in [0.1, 0.15) is 11.8 Å². The van der Waals surface area contributed by atoms with Gasteiger partial charge in [0.25, 0.3) is 0 Å². The van der Waals surface area contributed by atoms with Crippen LogP contribution in [0.3, 0.4) is 0 Å². The van der Waals surface area contributed by atoms with Gasteiger partial charge in [-0.3, -0.25) is 10.2 Å². The molecule has 0 unspecified atom stereocenters. The third-order valence-electron chi connectivity index (χ3n) is 3.46. The van der Waals surface area contributed by atoms with Crippen molar-refractivity contribution in [3.63, 3.8) is 0 Å². The van der Waals surface area contributed by atoms with Crippen LogP contribution in [0.5, 0.6) is 5.75 Å². The maximum Gasteiger partial charge on any atom is 0.409 e. The number of alkyl halides is 3. The molecule has 4 nitrogen and oxygen atoms in total. The predicted molar refractivity (Wildman–Crippen MR) is 70.4 cm³/mol. The molecule has 0 aliphatic carbocycles. The number of hydrogen-bond donors (Lipinski definition) is 1. The fourth-order valence-corrected chi connectivity index (χ4v) is 2.33. The molecule has 1 aliphatic heterocycles. The Morgan fingerprint density at radius 2 is 2.05 bits per heavy atom. The van der Waals surface area contributed by atoms with Gasteiger partial charge in [0.2, 0.25) is 5.91 Å². The van der Waals surface area contributed by atoms with E-state index in [4.69, 9.17) is 4.74 Å². The second-order valence-corrected chi connectivity index (χ2v) is 5.67. The molecule has 0 aromatic heterocycles. The van der Waals surface area contributed by atoms with Gasteiger partial charge in [-0.2, -0.15) is 13.2 Å². The van der Waals surface area contributed by atoms with E-state index in [-0.39, 0.29) is 12.1 Å². The second-order valence-electron chi connectivity index (χ2n) is 5.67. The summed E-state index contributed by atoms with van der Waals surface area (Å²) in [7, 11) is 1.39. The molecule has 1 saturated heterocycles. The summed E-state index contributed by atoms with van der Waals surface area (Å²) in [5, 5.41) is 0.942. The third kappa shape index (κ3) is 3.12. The highest BCUT2D eigenvalue weighted by molar-refractivity contribution is 5.83. The quantitative estimate of drug-likeness (QED) is 0.933. The molecule has 21 heavy (non-hydrogen) atoms. The van der Waals surface area contributed by atoms with E-state index < -0.39 is 23.5 Å². The normalized spacial score (nSPS) is 20.2. The fourth-order valence-electron chi connectivity index (χ4n) is 2.33. The van der Waals surface area contributed by atoms with Gasteiger partial charge in [-0.25, -0.2) is 5.01 Å². The lowest BCUT2D eigenvalue weighted by Crippen LogP contribution is -2.43. The summed E-state index contributed by atoms with van der Waals surface area (Å²) in [5.41, 5.74) is 1.49. The SMILES string of the molecule is COc1cccc([C@H](N2CC(C)(C)C(=O)N2)C(F)(F)F)c1. The first-order chi connectivity index (χ1) is 9.65. The standard InChI is InChI=1S/C14H17F3N2O2/c1-13(2)8-19(18-12(13)20)11(14(15,16)17)9-5-4-6-10(7-9)21-3/h4-7,11H,8H2,1-3H3,(H,18,20)/t11-/m0/s1. The van der Waals surface area contributed by atoms with E-state index in [1.165, 1.54) is 25.3 Å². The molecule has 1 fully saturated rings. The van der Waals surface area contributed by atoms with Crippen molar-refractivity contribution in [1.29, 1.82) is 0 Å². The lowest BCUT2D eigenvalue weighted by Gasteiger charge is -2.30. The highest BCUT2D eigenvalue weighted by atomic mass is 19.4. The number of hydrazine groups is 1. The number of ether oxygens (including phenoxy) is 1. The minimum Gasteiger partial charge on any atom is -0.497 e. The predicted octanol–water partition coefficient (Wildman–Crippen LogP) is 2.67. The molecule has 1 amide bonds. The van der Waals surface area contributed by atoms with Gasteiger partial charge < -0.3 is 4.74 Å². The summed E-state index contributed by atoms with van der Waals surface area (Å²) >= 11 is 0. The smallest absolute Gasteiger partial charge is 0.409 e. The van der Waals surface area contributed by atoms with Crippen LogP contribution in [-0.2, 0) is 4.79 Å². The van der Waals surface area contributed by atoms with Gasteiger partial charge in [0, 0.05) is 6.54 Å². The van der Waals surface area contributed by atoms with Crippen molar-refractivity contribution in [3.05, 3.63) is 29.8 Å². The van der Waals surface area contributed by atoms with Crippen molar-refractivity contribution in [2.45, 2.75) is 26.1 Å². The molecule has 1 aromatic rings. The van der Waals surface area contributed by atoms with Crippen molar-refractivity contribution in [1.82, 2.24) is 10.4 Å². The molecule has 1 aromatic carbocycles. The Morgan fingerprint density at radius 1 is 1.38 bits per heavy atom. The fraction of sp³-hybridized carbons (Fsp3) is 0.500. The Kier molecular flexibility index (Phi) is 3.88. The summed E-state index contributed by atoms with van der Waals surface area (Å²) in [6.45, 7) is 3.20. The second kappa shape index (κ2) is 5.22. The monoisotopic (exact) mass is 302 g/mol. The minimum atomic E-state index is -4.51. The number of benzene rings is 1. The Labute approximate surface area is 120 Å². The highest BCUT2D eigenvalue weighted by Crippen LogP contribution is 2.41. The van der Waals surface area contributed by atoms with E-state index in [0.29, 0.717) is 5.75 Å². The van der Waals surface area contributed by atoms with E-state index in [9.17, 15) is 18.0 Å². The Hall–Kier alpha value is -1.76. The molecule has 7 heteroatoms. The first kappa shape index (κ1) is 15.6. The molecule has 0 spiro atoms. The lowest BCUT2D eigenvalue weighted by atomic mass is 9.93. The van der Waals surface area contributed by atoms with Crippen molar-refractivity contribution >= 4 is 5.91 Å². The molecule has 0 bridgehead atoms. The number of amides is 1. The van der Waals surface area contributed by atoms with Crippen molar-refractivity contribution in [2.75, 3.05) is 13.7 Å². The van der Waals surface area contributed by atoms with Crippen LogP contribution in [0.25, 0.3) is 0 Å². The molecule has 1 N–H and O–H groups in total. The van der Waals surface area contributed by atoms with Crippen molar-refractivity contribution in [3.8, 4) is 5.75 Å². The molecular weight excluding hydrogens is 285 g/mol. The summed E-state index contributed by atoms with van der Waals surface area (Å²) in [6.07, 6.45) is -4.51. The first-order valence-corrected chi connectivity index (χ1v) is 6.43. The van der Waals surface area contributed by atoms with Crippen LogP contribution in [0.1, 0.15) is 25.5 Å². The van der Waals surface area contributed by atoms with Gasteiger partial charge in [-0.1, -0.05) is 12.1 Å². The van der Waals surface area contributed by atoms with Gasteiger partial charge in [0.15, 0.2) is 0 Å². The van der Waals surface area contributed by atoms with E-state index in [1.807, 2.05) is 0 Å². The number of carbonyl (C=O) groups is 1. The van der Waals surface area contributed by atoms with E-state index in [1.54, 1.807) is 19.9 Å². The first-order valence-electron chi connectivity index (χ1n) is 6.43. The number of methoxy groups -OCH3 is 1. The number of hydrogen-bond acceptors (Lipinski definition) is 3. The zero-order valence-corrected chi connectivity index (χ0v) is 12.0. The number of carbonyl (C=O) groups excluding carboxylic acids is 1. The zero-order valence-electron chi connectivity index (χ0n) is 12.0. The molecular formula is C14H17F3N2O2. The van der Waals surface area contributed by atoms with Crippen LogP contribution >= 0.6 is 0 Å². The molecule has 1 heterocycles. The summed E-state index contributed by atoms with van der Waals surface area (Å²) in [5.74, 6) is -0.0776. The van der Waals surface area contributed by atoms with Crippen LogP contribution < -0.4 is 10.2 Å². The maximum absolute atomic E-state index is 13.4.